The maximum Gasteiger partial charge on any atom is 1.00 e. The molecule has 0 saturated heterocycles. The predicted molar refractivity (Wildman–Crippen MR) is 70.8 cm³/mol. The Kier molecular flexibility index (Phi) is 9.92. The number of aliphatic carboxylic acids is 1. The van der Waals surface area contributed by atoms with Gasteiger partial charge in [-0.2, -0.15) is 0 Å². The maximum atomic E-state index is 11.1. The molecule has 0 fully saturated rings. The molecule has 0 unspecified atom stereocenters. The fourth-order valence-electron chi connectivity index (χ4n) is 1.68. The van der Waals surface area contributed by atoms with Gasteiger partial charge in [0.15, 0.2) is 11.5 Å². The number of ether oxygens (including phenoxy) is 2. The van der Waals surface area contributed by atoms with Gasteiger partial charge in [-0.05, 0) is 24.1 Å². The van der Waals surface area contributed by atoms with Gasteiger partial charge in [0.1, 0.15) is 0 Å². The average molecular weight is 347 g/mol. The van der Waals surface area contributed by atoms with Gasteiger partial charge in [-0.3, -0.25) is 14.4 Å². The first-order valence-electron chi connectivity index (χ1n) is 6.23. The van der Waals surface area contributed by atoms with Gasteiger partial charge >= 0.3 is 63.3 Å². The maximum absolute atomic E-state index is 11.1. The van der Waals surface area contributed by atoms with Crippen LogP contribution in [0.4, 0.5) is 0 Å². The molecule has 1 aromatic rings. The van der Waals surface area contributed by atoms with E-state index in [1.54, 1.807) is 0 Å². The molecule has 0 aliphatic heterocycles. The SMILES string of the molecule is CC(=O)Oc1ccc(C[C@H](NC=O)C(=O)[O-])cc1OC(C)=O.[K+]. The molecule has 0 heterocycles. The number of esters is 2. The van der Waals surface area contributed by atoms with Crippen molar-refractivity contribution >= 4 is 24.3 Å². The molecule has 0 aromatic heterocycles. The summed E-state index contributed by atoms with van der Waals surface area (Å²) in [6.45, 7) is 2.35. The smallest absolute Gasteiger partial charge is 0.548 e. The molecule has 1 aromatic carbocycles. The van der Waals surface area contributed by atoms with Crippen molar-refractivity contribution in [3.63, 3.8) is 0 Å². The van der Waals surface area contributed by atoms with E-state index in [1.807, 2.05) is 0 Å². The third kappa shape index (κ3) is 7.71. The summed E-state index contributed by atoms with van der Waals surface area (Å²) in [4.78, 5) is 43.3. The van der Waals surface area contributed by atoms with Crippen LogP contribution in [0.15, 0.2) is 18.2 Å². The molecule has 0 aliphatic carbocycles. The molecule has 9 heteroatoms. The molecule has 1 N–H and O–H groups in total. The summed E-state index contributed by atoms with van der Waals surface area (Å²) < 4.78 is 9.80. The van der Waals surface area contributed by atoms with Crippen molar-refractivity contribution < 1.29 is 85.1 Å². The number of rotatable bonds is 7. The summed E-state index contributed by atoms with van der Waals surface area (Å²) in [5.74, 6) is -2.68. The van der Waals surface area contributed by atoms with E-state index < -0.39 is 23.9 Å². The Morgan fingerprint density at radius 3 is 2.22 bits per heavy atom. The number of hydrogen-bond acceptors (Lipinski definition) is 7. The second-order valence-corrected chi connectivity index (χ2v) is 4.33. The number of hydrogen-bond donors (Lipinski definition) is 1. The van der Waals surface area contributed by atoms with E-state index in [9.17, 15) is 24.3 Å². The Balaban J connectivity index is 0.00000484. The molecular weight excluding hydrogens is 333 g/mol. The Bertz CT molecular complexity index is 603. The van der Waals surface area contributed by atoms with Crippen LogP contribution in [-0.4, -0.2) is 30.4 Å². The second-order valence-electron chi connectivity index (χ2n) is 4.33. The number of carboxylic acid groups (broad SMARTS) is 1. The summed E-state index contributed by atoms with van der Waals surface area (Å²) in [6, 6.07) is 2.96. The van der Waals surface area contributed by atoms with E-state index in [2.05, 4.69) is 5.32 Å². The first kappa shape index (κ1) is 21.7. The van der Waals surface area contributed by atoms with Crippen LogP contribution in [0.1, 0.15) is 19.4 Å². The van der Waals surface area contributed by atoms with E-state index in [-0.39, 0.29) is 75.7 Å². The monoisotopic (exact) mass is 347 g/mol. The molecule has 0 bridgehead atoms. The minimum absolute atomic E-state index is 0. The van der Waals surface area contributed by atoms with Crippen LogP contribution in [0.5, 0.6) is 11.5 Å². The normalized spacial score (nSPS) is 10.7. The standard InChI is InChI=1S/C14H15NO7.K/c1-8(17)21-12-4-3-10(6-13(12)22-9(2)18)5-11(14(19)20)15-7-16;/h3-4,6-7,11H,5H2,1-2H3,(H,15,16)(H,19,20);/q;+1/p-1/t11-;/m0./s1. The summed E-state index contributed by atoms with van der Waals surface area (Å²) in [6.07, 6.45) is 0.163. The fourth-order valence-corrected chi connectivity index (χ4v) is 1.68. The van der Waals surface area contributed by atoms with Crippen molar-refractivity contribution in [3.05, 3.63) is 23.8 Å². The van der Waals surface area contributed by atoms with Crippen molar-refractivity contribution in [3.8, 4) is 11.5 Å². The molecule has 118 valence electrons. The molecule has 0 radical (unpaired) electrons. The summed E-state index contributed by atoms with van der Waals surface area (Å²) in [5.41, 5.74) is 0.440. The molecule has 8 nitrogen and oxygen atoms in total. The number of carboxylic acids is 1. The number of carbonyl (C=O) groups excluding carboxylic acids is 4. The van der Waals surface area contributed by atoms with Gasteiger partial charge in [-0.15, -0.1) is 0 Å². The van der Waals surface area contributed by atoms with Crippen LogP contribution in [0.2, 0.25) is 0 Å². The molecule has 0 spiro atoms. The van der Waals surface area contributed by atoms with E-state index >= 15 is 0 Å². The quantitative estimate of drug-likeness (QED) is 0.230. The van der Waals surface area contributed by atoms with E-state index in [1.165, 1.54) is 32.0 Å². The summed E-state index contributed by atoms with van der Waals surface area (Å²) >= 11 is 0. The van der Waals surface area contributed by atoms with Gasteiger partial charge in [0, 0.05) is 13.8 Å². The number of nitrogens with one attached hydrogen (secondary N) is 1. The van der Waals surface area contributed by atoms with Gasteiger partial charge in [-0.25, -0.2) is 0 Å². The molecule has 23 heavy (non-hydrogen) atoms. The predicted octanol–water partition coefficient (Wildman–Crippen LogP) is -4.05. The third-order valence-corrected chi connectivity index (χ3v) is 2.51. The van der Waals surface area contributed by atoms with Gasteiger partial charge in [0.05, 0.1) is 12.0 Å². The first-order chi connectivity index (χ1) is 10.3. The van der Waals surface area contributed by atoms with E-state index in [0.717, 1.165) is 0 Å². The van der Waals surface area contributed by atoms with Gasteiger partial charge < -0.3 is 24.7 Å². The zero-order valence-electron chi connectivity index (χ0n) is 13.0. The zero-order chi connectivity index (χ0) is 16.7. The Morgan fingerprint density at radius 1 is 1.17 bits per heavy atom. The Morgan fingerprint density at radius 2 is 1.74 bits per heavy atom. The number of amides is 1. The Hall–Kier alpha value is -1.26. The van der Waals surface area contributed by atoms with Crippen LogP contribution in [0.3, 0.4) is 0 Å². The molecule has 1 rings (SSSR count). The molecule has 0 saturated carbocycles. The van der Waals surface area contributed by atoms with E-state index in [0.29, 0.717) is 5.56 Å². The van der Waals surface area contributed by atoms with Crippen LogP contribution in [0.25, 0.3) is 0 Å². The average Bonchev–Trinajstić information content (AvgIpc) is 2.40. The van der Waals surface area contributed by atoms with Crippen molar-refractivity contribution in [1.29, 1.82) is 0 Å². The third-order valence-electron chi connectivity index (χ3n) is 2.51. The van der Waals surface area contributed by atoms with Crippen molar-refractivity contribution in [1.82, 2.24) is 5.32 Å². The van der Waals surface area contributed by atoms with Crippen LogP contribution < -0.4 is 71.3 Å². The molecule has 1 amide bonds. The molecule has 0 aliphatic rings. The summed E-state index contributed by atoms with van der Waals surface area (Å²) in [5, 5.41) is 13.0. The Labute approximate surface area is 174 Å². The molecule has 1 atom stereocenters. The van der Waals surface area contributed by atoms with Gasteiger partial charge in [-0.1, -0.05) is 6.07 Å². The summed E-state index contributed by atoms with van der Waals surface area (Å²) in [7, 11) is 0. The largest absolute Gasteiger partial charge is 1.00 e. The van der Waals surface area contributed by atoms with Crippen LogP contribution in [-0.2, 0) is 25.6 Å². The topological polar surface area (TPSA) is 122 Å². The van der Waals surface area contributed by atoms with Crippen molar-refractivity contribution in [2.24, 2.45) is 0 Å². The second kappa shape index (κ2) is 10.5. The number of carbonyl (C=O) groups is 4. The zero-order valence-corrected chi connectivity index (χ0v) is 16.1. The van der Waals surface area contributed by atoms with Gasteiger partial charge in [0.2, 0.25) is 6.41 Å². The van der Waals surface area contributed by atoms with Crippen molar-refractivity contribution in [2.75, 3.05) is 0 Å². The molecular formula is C14H14KNO7. The minimum Gasteiger partial charge on any atom is -0.548 e. The fraction of sp³-hybridized carbons (Fsp3) is 0.286. The first-order valence-corrected chi connectivity index (χ1v) is 6.23. The van der Waals surface area contributed by atoms with E-state index in [4.69, 9.17) is 9.47 Å². The van der Waals surface area contributed by atoms with Crippen LogP contribution >= 0.6 is 0 Å². The van der Waals surface area contributed by atoms with Crippen molar-refractivity contribution in [2.45, 2.75) is 26.3 Å². The van der Waals surface area contributed by atoms with Crippen LogP contribution in [0, 0.1) is 0 Å². The minimum atomic E-state index is -1.45. The number of benzene rings is 1. The van der Waals surface area contributed by atoms with Gasteiger partial charge in [0.25, 0.3) is 0 Å².